The Hall–Kier alpha value is -3.83. The van der Waals surface area contributed by atoms with Crippen molar-refractivity contribution in [3.05, 3.63) is 112 Å². The number of halogens is 1. The minimum atomic E-state index is -0.0432. The largest absolute Gasteiger partial charge is 0.489 e. The molecule has 0 fully saturated rings. The van der Waals surface area contributed by atoms with Crippen LogP contribution in [0.4, 0.5) is 0 Å². The van der Waals surface area contributed by atoms with Crippen LogP contribution >= 0.6 is 11.6 Å². The number of hydrogen-bond donors (Lipinski definition) is 0. The molecule has 0 radical (unpaired) electrons. The summed E-state index contributed by atoms with van der Waals surface area (Å²) in [6.07, 6.45) is 4.10. The van der Waals surface area contributed by atoms with Gasteiger partial charge in [0, 0.05) is 35.2 Å². The lowest BCUT2D eigenvalue weighted by Crippen LogP contribution is -2.34. The van der Waals surface area contributed by atoms with Crippen LogP contribution in [-0.4, -0.2) is 22.5 Å². The van der Waals surface area contributed by atoms with Crippen LogP contribution in [0.5, 0.6) is 5.75 Å². The van der Waals surface area contributed by atoms with Gasteiger partial charge in [0.1, 0.15) is 12.4 Å². The predicted molar refractivity (Wildman–Crippen MR) is 132 cm³/mol. The van der Waals surface area contributed by atoms with Crippen LogP contribution in [0.15, 0.2) is 89.5 Å². The molecule has 0 bridgehead atoms. The Morgan fingerprint density at radius 2 is 1.79 bits per heavy atom. The highest BCUT2D eigenvalue weighted by atomic mass is 35.5. The normalized spacial score (nSPS) is 13.1. The molecule has 0 spiro atoms. The molecule has 1 aliphatic heterocycles. The molecule has 0 unspecified atom stereocenters. The molecule has 1 aromatic heterocycles. The van der Waals surface area contributed by atoms with E-state index in [2.05, 4.69) is 5.16 Å². The topological polar surface area (TPSA) is 55.6 Å². The zero-order valence-electron chi connectivity index (χ0n) is 18.5. The van der Waals surface area contributed by atoms with E-state index in [1.165, 1.54) is 0 Å². The summed E-state index contributed by atoms with van der Waals surface area (Å²) in [4.78, 5) is 14.7. The fourth-order valence-electron chi connectivity index (χ4n) is 3.92. The Bertz CT molecular complexity index is 1300. The summed E-state index contributed by atoms with van der Waals surface area (Å²) >= 11 is 6.00. The molecule has 0 saturated carbocycles. The SMILES string of the molecule is O=C(/C=C/c1ccc(OCc2ccccc2)cc1)N1CCc2noc(-c3ccc(Cl)cc3)c2C1. The van der Waals surface area contributed by atoms with Crippen molar-refractivity contribution < 1.29 is 14.1 Å². The van der Waals surface area contributed by atoms with Gasteiger partial charge in [-0.2, -0.15) is 0 Å². The number of carbonyl (C=O) groups excluding carboxylic acids is 1. The summed E-state index contributed by atoms with van der Waals surface area (Å²) in [7, 11) is 0. The van der Waals surface area contributed by atoms with Crippen molar-refractivity contribution in [1.82, 2.24) is 10.1 Å². The molecule has 1 aliphatic rings. The average molecular weight is 471 g/mol. The molecule has 6 heteroatoms. The summed E-state index contributed by atoms with van der Waals surface area (Å²) < 4.78 is 11.4. The van der Waals surface area contributed by atoms with Crippen molar-refractivity contribution in [2.75, 3.05) is 6.54 Å². The number of amides is 1. The van der Waals surface area contributed by atoms with E-state index in [4.69, 9.17) is 20.9 Å². The molecule has 170 valence electrons. The van der Waals surface area contributed by atoms with Crippen LogP contribution in [0, 0.1) is 0 Å². The van der Waals surface area contributed by atoms with Crippen molar-refractivity contribution in [1.29, 1.82) is 0 Å². The second kappa shape index (κ2) is 9.98. The maximum absolute atomic E-state index is 12.9. The van der Waals surface area contributed by atoms with Gasteiger partial charge >= 0.3 is 0 Å². The highest BCUT2D eigenvalue weighted by Crippen LogP contribution is 2.31. The second-order valence-corrected chi connectivity index (χ2v) is 8.57. The second-order valence-electron chi connectivity index (χ2n) is 8.13. The minimum absolute atomic E-state index is 0.0432. The third-order valence-electron chi connectivity index (χ3n) is 5.80. The third-order valence-corrected chi connectivity index (χ3v) is 6.05. The maximum atomic E-state index is 12.9. The number of rotatable bonds is 6. The van der Waals surface area contributed by atoms with E-state index in [0.29, 0.717) is 36.9 Å². The third kappa shape index (κ3) is 5.05. The van der Waals surface area contributed by atoms with Gasteiger partial charge < -0.3 is 14.2 Å². The first kappa shape index (κ1) is 22.0. The molecule has 4 aromatic rings. The fraction of sp³-hybridized carbons (Fsp3) is 0.143. The van der Waals surface area contributed by atoms with Gasteiger partial charge in [-0.25, -0.2) is 0 Å². The molecule has 5 nitrogen and oxygen atoms in total. The first-order chi connectivity index (χ1) is 16.7. The Kier molecular flexibility index (Phi) is 6.45. The van der Waals surface area contributed by atoms with Crippen LogP contribution in [-0.2, 0) is 24.4 Å². The smallest absolute Gasteiger partial charge is 0.246 e. The number of nitrogens with zero attached hydrogens (tertiary/aromatic N) is 2. The molecule has 0 aliphatic carbocycles. The van der Waals surface area contributed by atoms with Gasteiger partial charge in [0.15, 0.2) is 5.76 Å². The van der Waals surface area contributed by atoms with E-state index < -0.39 is 0 Å². The van der Waals surface area contributed by atoms with Gasteiger partial charge in [0.2, 0.25) is 5.91 Å². The van der Waals surface area contributed by atoms with Gasteiger partial charge in [-0.05, 0) is 53.6 Å². The minimum Gasteiger partial charge on any atom is -0.489 e. The fourth-order valence-corrected chi connectivity index (χ4v) is 4.04. The van der Waals surface area contributed by atoms with Crippen LogP contribution in [0.2, 0.25) is 5.02 Å². The number of benzene rings is 3. The lowest BCUT2D eigenvalue weighted by atomic mass is 10.0. The molecule has 0 saturated heterocycles. The van der Waals surface area contributed by atoms with E-state index in [0.717, 1.165) is 33.7 Å². The number of hydrogen-bond acceptors (Lipinski definition) is 4. The number of carbonyl (C=O) groups is 1. The molecule has 34 heavy (non-hydrogen) atoms. The Morgan fingerprint density at radius 1 is 1.03 bits per heavy atom. The summed E-state index contributed by atoms with van der Waals surface area (Å²) in [6.45, 7) is 1.59. The first-order valence-electron chi connectivity index (χ1n) is 11.1. The molecule has 5 rings (SSSR count). The molecular weight excluding hydrogens is 448 g/mol. The summed E-state index contributed by atoms with van der Waals surface area (Å²) in [5.41, 5.74) is 4.82. The maximum Gasteiger partial charge on any atom is 0.246 e. The van der Waals surface area contributed by atoms with Crippen molar-refractivity contribution in [3.8, 4) is 17.1 Å². The van der Waals surface area contributed by atoms with Gasteiger partial charge in [-0.3, -0.25) is 4.79 Å². The first-order valence-corrected chi connectivity index (χ1v) is 11.5. The van der Waals surface area contributed by atoms with E-state index in [9.17, 15) is 4.79 Å². The van der Waals surface area contributed by atoms with E-state index in [1.54, 1.807) is 6.08 Å². The average Bonchev–Trinajstić information content (AvgIpc) is 3.31. The molecule has 2 heterocycles. The number of fused-ring (bicyclic) bond motifs is 1. The predicted octanol–water partition coefficient (Wildman–Crippen LogP) is 6.17. The number of ether oxygens (including phenoxy) is 1. The van der Waals surface area contributed by atoms with Crippen LogP contribution in [0.3, 0.4) is 0 Å². The van der Waals surface area contributed by atoms with Crippen LogP contribution < -0.4 is 4.74 Å². The van der Waals surface area contributed by atoms with Crippen LogP contribution in [0.1, 0.15) is 22.4 Å². The summed E-state index contributed by atoms with van der Waals surface area (Å²) in [6, 6.07) is 25.2. The van der Waals surface area contributed by atoms with Gasteiger partial charge in [-0.15, -0.1) is 0 Å². The van der Waals surface area contributed by atoms with Crippen molar-refractivity contribution >= 4 is 23.6 Å². The monoisotopic (exact) mass is 470 g/mol. The Labute approximate surface area is 203 Å². The molecule has 0 N–H and O–H groups in total. The summed E-state index contributed by atoms with van der Waals surface area (Å²) in [5, 5.41) is 4.87. The van der Waals surface area contributed by atoms with Gasteiger partial charge in [0.05, 0.1) is 12.2 Å². The van der Waals surface area contributed by atoms with Crippen molar-refractivity contribution in [2.24, 2.45) is 0 Å². The van der Waals surface area contributed by atoms with Gasteiger partial charge in [0.25, 0.3) is 0 Å². The Balaban J connectivity index is 1.21. The zero-order chi connectivity index (χ0) is 23.3. The molecular formula is C28H23ClN2O3. The number of aromatic nitrogens is 1. The standard InChI is InChI=1S/C28H23ClN2O3/c29-23-11-9-22(10-12-23)28-25-18-31(17-16-26(25)30-34-28)27(32)15-8-20-6-13-24(14-7-20)33-19-21-4-2-1-3-5-21/h1-15H,16-19H2/b15-8+. The highest BCUT2D eigenvalue weighted by Gasteiger charge is 2.26. The van der Waals surface area contributed by atoms with E-state index in [1.807, 2.05) is 89.8 Å². The van der Waals surface area contributed by atoms with Crippen LogP contribution in [0.25, 0.3) is 17.4 Å². The zero-order valence-corrected chi connectivity index (χ0v) is 19.2. The summed E-state index contributed by atoms with van der Waals surface area (Å²) in [5.74, 6) is 1.44. The molecule has 1 amide bonds. The lowest BCUT2D eigenvalue weighted by molar-refractivity contribution is -0.126. The quantitative estimate of drug-likeness (QED) is 0.316. The Morgan fingerprint density at radius 3 is 2.56 bits per heavy atom. The molecule has 0 atom stereocenters. The van der Waals surface area contributed by atoms with Crippen molar-refractivity contribution in [2.45, 2.75) is 19.6 Å². The molecule has 3 aromatic carbocycles. The van der Waals surface area contributed by atoms with E-state index in [-0.39, 0.29) is 5.91 Å². The van der Waals surface area contributed by atoms with E-state index >= 15 is 0 Å². The highest BCUT2D eigenvalue weighted by molar-refractivity contribution is 6.30. The van der Waals surface area contributed by atoms with Crippen molar-refractivity contribution in [3.63, 3.8) is 0 Å². The van der Waals surface area contributed by atoms with Gasteiger partial charge in [-0.1, -0.05) is 59.2 Å². The lowest BCUT2D eigenvalue weighted by Gasteiger charge is -2.25.